The molecule has 1 aromatic carbocycles. The normalized spacial score (nSPS) is 20.2. The molecule has 19 heavy (non-hydrogen) atoms. The summed E-state index contributed by atoms with van der Waals surface area (Å²) in [6.45, 7) is 0.317. The van der Waals surface area contributed by atoms with Crippen molar-refractivity contribution < 1.29 is 4.39 Å². The number of rotatable bonds is 4. The van der Waals surface area contributed by atoms with Gasteiger partial charge in [-0.15, -0.1) is 0 Å². The summed E-state index contributed by atoms with van der Waals surface area (Å²) in [6.07, 6.45) is 6.01. The number of hydrogen-bond acceptors (Lipinski definition) is 1. The number of halogens is 1. The van der Waals surface area contributed by atoms with Gasteiger partial charge in [0.1, 0.15) is 5.82 Å². The Bertz CT molecular complexity index is 490. The van der Waals surface area contributed by atoms with E-state index in [2.05, 4.69) is 10.3 Å². The van der Waals surface area contributed by atoms with Crippen LogP contribution in [0.15, 0.2) is 23.2 Å². The second-order valence-electron chi connectivity index (χ2n) is 5.60. The monoisotopic (exact) mass is 261 g/mol. The highest BCUT2D eigenvalue weighted by atomic mass is 19.1. The third-order valence-corrected chi connectivity index (χ3v) is 4.00. The van der Waals surface area contributed by atoms with E-state index in [0.29, 0.717) is 30.0 Å². The van der Waals surface area contributed by atoms with Crippen molar-refractivity contribution in [2.75, 3.05) is 0 Å². The van der Waals surface area contributed by atoms with Gasteiger partial charge in [-0.3, -0.25) is 0 Å². The average Bonchev–Trinajstić information content (AvgIpc) is 3.17. The Morgan fingerprint density at radius 1 is 1.32 bits per heavy atom. The predicted molar refractivity (Wildman–Crippen MR) is 74.5 cm³/mol. The van der Waals surface area contributed by atoms with Gasteiger partial charge in [-0.25, -0.2) is 9.38 Å². The first-order valence-electron chi connectivity index (χ1n) is 7.07. The lowest BCUT2D eigenvalue weighted by atomic mass is 9.93. The van der Waals surface area contributed by atoms with Gasteiger partial charge in [0, 0.05) is 11.6 Å². The van der Waals surface area contributed by atoms with Crippen LogP contribution in [-0.4, -0.2) is 12.0 Å². The molecular weight excluding hydrogens is 241 g/mol. The van der Waals surface area contributed by atoms with E-state index in [1.807, 2.05) is 12.1 Å². The van der Waals surface area contributed by atoms with E-state index < -0.39 is 0 Å². The second-order valence-corrected chi connectivity index (χ2v) is 5.60. The Hall–Kier alpha value is -1.58. The van der Waals surface area contributed by atoms with Crippen molar-refractivity contribution >= 4 is 5.96 Å². The lowest BCUT2D eigenvalue weighted by molar-refractivity contribution is 0.382. The molecule has 0 bridgehead atoms. The van der Waals surface area contributed by atoms with Gasteiger partial charge in [-0.05, 0) is 49.7 Å². The maximum Gasteiger partial charge on any atom is 0.189 e. The number of guanidine groups is 1. The van der Waals surface area contributed by atoms with E-state index in [1.54, 1.807) is 6.07 Å². The van der Waals surface area contributed by atoms with Crippen molar-refractivity contribution in [2.45, 2.75) is 50.6 Å². The minimum Gasteiger partial charge on any atom is -0.370 e. The van der Waals surface area contributed by atoms with Gasteiger partial charge in [0.05, 0.1) is 6.54 Å². The molecule has 0 radical (unpaired) electrons. The summed E-state index contributed by atoms with van der Waals surface area (Å²) in [7, 11) is 0. The van der Waals surface area contributed by atoms with Gasteiger partial charge >= 0.3 is 0 Å². The highest BCUT2D eigenvalue weighted by Gasteiger charge is 2.24. The molecule has 3 nitrogen and oxygen atoms in total. The first-order chi connectivity index (χ1) is 9.22. The minimum absolute atomic E-state index is 0.190. The summed E-state index contributed by atoms with van der Waals surface area (Å²) < 4.78 is 13.7. The Kier molecular flexibility index (Phi) is 3.40. The molecule has 0 unspecified atom stereocenters. The van der Waals surface area contributed by atoms with Gasteiger partial charge in [-0.2, -0.15) is 0 Å². The van der Waals surface area contributed by atoms with E-state index in [1.165, 1.54) is 24.8 Å². The van der Waals surface area contributed by atoms with Crippen LogP contribution < -0.4 is 11.1 Å². The summed E-state index contributed by atoms with van der Waals surface area (Å²) in [5.41, 5.74) is 7.68. The molecule has 2 fully saturated rings. The summed E-state index contributed by atoms with van der Waals surface area (Å²) in [6, 6.07) is 5.84. The molecule has 0 aliphatic heterocycles. The maximum atomic E-state index is 13.7. The van der Waals surface area contributed by atoms with E-state index in [-0.39, 0.29) is 5.82 Å². The van der Waals surface area contributed by atoms with Gasteiger partial charge in [0.15, 0.2) is 5.96 Å². The van der Waals surface area contributed by atoms with E-state index >= 15 is 0 Å². The van der Waals surface area contributed by atoms with Gasteiger partial charge < -0.3 is 11.1 Å². The smallest absolute Gasteiger partial charge is 0.189 e. The zero-order chi connectivity index (χ0) is 13.2. The summed E-state index contributed by atoms with van der Waals surface area (Å²) >= 11 is 0. The number of nitrogens with one attached hydrogen (secondary N) is 1. The van der Waals surface area contributed by atoms with Crippen LogP contribution in [0, 0.1) is 5.82 Å². The number of nitrogens with two attached hydrogens (primary N) is 1. The van der Waals surface area contributed by atoms with Crippen LogP contribution in [-0.2, 0) is 6.54 Å². The topological polar surface area (TPSA) is 50.4 Å². The van der Waals surface area contributed by atoms with Crippen molar-refractivity contribution in [2.24, 2.45) is 10.7 Å². The Morgan fingerprint density at radius 2 is 2.11 bits per heavy atom. The van der Waals surface area contributed by atoms with Crippen LogP contribution >= 0.6 is 0 Å². The lowest BCUT2D eigenvalue weighted by Gasteiger charge is -2.26. The van der Waals surface area contributed by atoms with Crippen molar-refractivity contribution in [3.05, 3.63) is 35.1 Å². The third-order valence-electron chi connectivity index (χ3n) is 4.00. The summed E-state index contributed by atoms with van der Waals surface area (Å²) in [5.74, 6) is 0.874. The molecule has 3 rings (SSSR count). The SMILES string of the molecule is NC(=NCc1cc(C2CC2)ccc1F)NC1CCC1. The van der Waals surface area contributed by atoms with Gasteiger partial charge in [-0.1, -0.05) is 12.1 Å². The van der Waals surface area contributed by atoms with Gasteiger partial charge in [0.25, 0.3) is 0 Å². The molecule has 0 amide bonds. The molecule has 2 aliphatic rings. The Labute approximate surface area is 113 Å². The van der Waals surface area contributed by atoms with Crippen LogP contribution in [0.25, 0.3) is 0 Å². The summed E-state index contributed by atoms with van der Waals surface area (Å²) in [4.78, 5) is 4.24. The predicted octanol–water partition coefficient (Wildman–Crippen LogP) is 2.66. The highest BCUT2D eigenvalue weighted by molar-refractivity contribution is 5.78. The van der Waals surface area contributed by atoms with E-state index in [4.69, 9.17) is 5.73 Å². The fraction of sp³-hybridized carbons (Fsp3) is 0.533. The Morgan fingerprint density at radius 3 is 2.74 bits per heavy atom. The molecule has 0 spiro atoms. The highest BCUT2D eigenvalue weighted by Crippen LogP contribution is 2.40. The van der Waals surface area contributed by atoms with Crippen LogP contribution in [0.2, 0.25) is 0 Å². The standard InChI is InChI=1S/C15H20FN3/c16-14-7-6-11(10-4-5-10)8-12(14)9-18-15(17)19-13-2-1-3-13/h6-8,10,13H,1-5,9H2,(H3,17,18,19). The molecule has 0 saturated heterocycles. The van der Waals surface area contributed by atoms with Crippen molar-refractivity contribution in [3.8, 4) is 0 Å². The number of aliphatic imine (C=N–C) groups is 1. The van der Waals surface area contributed by atoms with E-state index in [0.717, 1.165) is 12.8 Å². The lowest BCUT2D eigenvalue weighted by Crippen LogP contribution is -2.43. The van der Waals surface area contributed by atoms with Crippen LogP contribution in [0.1, 0.15) is 49.1 Å². The molecule has 1 aromatic rings. The van der Waals surface area contributed by atoms with Crippen molar-refractivity contribution in [3.63, 3.8) is 0 Å². The number of hydrogen-bond donors (Lipinski definition) is 2. The first-order valence-corrected chi connectivity index (χ1v) is 7.07. The van der Waals surface area contributed by atoms with Crippen molar-refractivity contribution in [1.29, 1.82) is 0 Å². The molecule has 4 heteroatoms. The second kappa shape index (κ2) is 5.19. The molecule has 0 heterocycles. The van der Waals surface area contributed by atoms with Crippen LogP contribution in [0.5, 0.6) is 0 Å². The molecule has 0 aromatic heterocycles. The fourth-order valence-electron chi connectivity index (χ4n) is 2.36. The minimum atomic E-state index is -0.190. The Balaban J connectivity index is 1.64. The first kappa shape index (κ1) is 12.5. The van der Waals surface area contributed by atoms with Crippen LogP contribution in [0.3, 0.4) is 0 Å². The molecule has 3 N–H and O–H groups in total. The zero-order valence-electron chi connectivity index (χ0n) is 11.0. The quantitative estimate of drug-likeness (QED) is 0.646. The fourth-order valence-corrected chi connectivity index (χ4v) is 2.36. The number of nitrogens with zero attached hydrogens (tertiary/aromatic N) is 1. The van der Waals surface area contributed by atoms with E-state index in [9.17, 15) is 4.39 Å². The number of benzene rings is 1. The molecule has 2 saturated carbocycles. The summed E-state index contributed by atoms with van der Waals surface area (Å²) in [5, 5.41) is 3.16. The molecule has 102 valence electrons. The molecule has 0 atom stereocenters. The largest absolute Gasteiger partial charge is 0.370 e. The molecule has 2 aliphatic carbocycles. The van der Waals surface area contributed by atoms with Crippen molar-refractivity contribution in [1.82, 2.24) is 5.32 Å². The average molecular weight is 261 g/mol. The van der Waals surface area contributed by atoms with Gasteiger partial charge in [0.2, 0.25) is 0 Å². The molecular formula is C15H20FN3. The maximum absolute atomic E-state index is 13.7. The third kappa shape index (κ3) is 3.06. The zero-order valence-corrected chi connectivity index (χ0v) is 11.0. The van der Waals surface area contributed by atoms with Crippen LogP contribution in [0.4, 0.5) is 4.39 Å².